The van der Waals surface area contributed by atoms with Crippen molar-refractivity contribution in [2.24, 2.45) is 0 Å². The molecular formula is C14H17ClFNO2. The predicted octanol–water partition coefficient (Wildman–Crippen LogP) is 4.42. The van der Waals surface area contributed by atoms with Crippen LogP contribution in [0.15, 0.2) is 24.3 Å². The highest BCUT2D eigenvalue weighted by Gasteiger charge is 2.17. The lowest BCUT2D eigenvalue weighted by atomic mass is 10.2. The highest BCUT2D eigenvalue weighted by molar-refractivity contribution is 6.19. The van der Waals surface area contributed by atoms with Gasteiger partial charge in [0, 0.05) is 5.88 Å². The van der Waals surface area contributed by atoms with Gasteiger partial charge in [-0.2, -0.15) is 0 Å². The van der Waals surface area contributed by atoms with E-state index in [1.165, 1.54) is 12.1 Å². The van der Waals surface area contributed by atoms with Crippen LogP contribution in [0.25, 0.3) is 6.08 Å². The molecule has 3 nitrogen and oxygen atoms in total. The summed E-state index contributed by atoms with van der Waals surface area (Å²) < 4.78 is 18.8. The number of anilines is 1. The van der Waals surface area contributed by atoms with Gasteiger partial charge in [-0.05, 0) is 38.5 Å². The van der Waals surface area contributed by atoms with Gasteiger partial charge < -0.3 is 4.74 Å². The molecule has 1 rings (SSSR count). The molecule has 5 heteroatoms. The van der Waals surface area contributed by atoms with E-state index >= 15 is 0 Å². The number of rotatable bonds is 3. The van der Waals surface area contributed by atoms with Gasteiger partial charge in [0.15, 0.2) is 0 Å². The first kappa shape index (κ1) is 15.5. The molecule has 1 aromatic rings. The number of halogens is 2. The molecule has 0 saturated heterocycles. The van der Waals surface area contributed by atoms with Crippen molar-refractivity contribution in [3.63, 3.8) is 0 Å². The zero-order valence-electron chi connectivity index (χ0n) is 11.2. The first-order valence-corrected chi connectivity index (χ1v) is 6.37. The van der Waals surface area contributed by atoms with E-state index in [-0.39, 0.29) is 5.69 Å². The average Bonchev–Trinajstić information content (AvgIpc) is 2.27. The maximum Gasteiger partial charge on any atom is 0.412 e. The van der Waals surface area contributed by atoms with Crippen molar-refractivity contribution in [1.29, 1.82) is 0 Å². The van der Waals surface area contributed by atoms with Gasteiger partial charge >= 0.3 is 6.09 Å². The summed E-state index contributed by atoms with van der Waals surface area (Å²) in [7, 11) is 0. The number of nitrogens with one attached hydrogen (secondary N) is 1. The Balaban J connectivity index is 2.75. The summed E-state index contributed by atoms with van der Waals surface area (Å²) in [6, 6.07) is 4.47. The number of allylic oxidation sites excluding steroid dienone is 1. The van der Waals surface area contributed by atoms with E-state index in [4.69, 9.17) is 16.3 Å². The second-order valence-electron chi connectivity index (χ2n) is 4.92. The largest absolute Gasteiger partial charge is 0.444 e. The van der Waals surface area contributed by atoms with Crippen LogP contribution >= 0.6 is 11.6 Å². The van der Waals surface area contributed by atoms with E-state index in [1.54, 1.807) is 39.0 Å². The number of alkyl halides is 1. The first-order chi connectivity index (χ1) is 8.81. The number of ether oxygens (including phenoxy) is 1. The predicted molar refractivity (Wildman–Crippen MR) is 76.0 cm³/mol. The number of benzene rings is 1. The number of carbonyl (C=O) groups excluding carboxylic acids is 1. The van der Waals surface area contributed by atoms with Crippen molar-refractivity contribution >= 4 is 29.5 Å². The van der Waals surface area contributed by atoms with Crippen molar-refractivity contribution in [3.05, 3.63) is 35.7 Å². The Hall–Kier alpha value is -1.55. The van der Waals surface area contributed by atoms with E-state index in [0.29, 0.717) is 11.4 Å². The van der Waals surface area contributed by atoms with Crippen molar-refractivity contribution < 1.29 is 13.9 Å². The van der Waals surface area contributed by atoms with E-state index in [9.17, 15) is 9.18 Å². The summed E-state index contributed by atoms with van der Waals surface area (Å²) in [6.07, 6.45) is 2.72. The molecule has 0 aromatic heterocycles. The maximum absolute atomic E-state index is 13.7. The monoisotopic (exact) mass is 285 g/mol. The summed E-state index contributed by atoms with van der Waals surface area (Å²) in [5, 5.41) is 2.36. The van der Waals surface area contributed by atoms with Crippen molar-refractivity contribution in [2.45, 2.75) is 26.4 Å². The molecule has 104 valence electrons. The minimum absolute atomic E-state index is 0.0808. The molecule has 0 radical (unpaired) electrons. The van der Waals surface area contributed by atoms with Gasteiger partial charge in [-0.25, -0.2) is 9.18 Å². The van der Waals surface area contributed by atoms with Gasteiger partial charge in [0.05, 0.1) is 5.69 Å². The number of carbonyl (C=O) groups is 1. The van der Waals surface area contributed by atoms with Crippen LogP contribution in [-0.2, 0) is 4.74 Å². The smallest absolute Gasteiger partial charge is 0.412 e. The van der Waals surface area contributed by atoms with Gasteiger partial charge in [0.2, 0.25) is 0 Å². The van der Waals surface area contributed by atoms with Crippen LogP contribution in [-0.4, -0.2) is 17.6 Å². The summed E-state index contributed by atoms with van der Waals surface area (Å²) >= 11 is 5.50. The zero-order valence-corrected chi connectivity index (χ0v) is 11.9. The normalized spacial score (nSPS) is 11.6. The molecule has 0 aliphatic heterocycles. The fraction of sp³-hybridized carbons (Fsp3) is 0.357. The number of amides is 1. The van der Waals surface area contributed by atoms with Gasteiger partial charge in [-0.1, -0.05) is 18.2 Å². The van der Waals surface area contributed by atoms with Gasteiger partial charge in [0.25, 0.3) is 0 Å². The summed E-state index contributed by atoms with van der Waals surface area (Å²) in [5.74, 6) is -0.165. The number of hydrogen-bond donors (Lipinski definition) is 1. The Morgan fingerprint density at radius 1 is 1.47 bits per heavy atom. The van der Waals surface area contributed by atoms with Gasteiger partial charge in [-0.15, -0.1) is 11.6 Å². The molecule has 0 fully saturated rings. The Morgan fingerprint density at radius 3 is 2.68 bits per heavy atom. The second-order valence-corrected chi connectivity index (χ2v) is 5.23. The van der Waals surface area contributed by atoms with E-state index in [0.717, 1.165) is 0 Å². The average molecular weight is 286 g/mol. The molecule has 1 aromatic carbocycles. The molecule has 1 N–H and O–H groups in total. The molecule has 0 heterocycles. The summed E-state index contributed by atoms with van der Waals surface area (Å²) in [6.45, 7) is 5.22. The molecule has 19 heavy (non-hydrogen) atoms. The lowest BCUT2D eigenvalue weighted by molar-refractivity contribution is 0.0635. The first-order valence-electron chi connectivity index (χ1n) is 5.84. The Labute approximate surface area is 117 Å². The molecule has 1 amide bonds. The topological polar surface area (TPSA) is 38.3 Å². The summed E-state index contributed by atoms with van der Waals surface area (Å²) in [4.78, 5) is 11.5. The Bertz CT molecular complexity index is 481. The minimum atomic E-state index is -0.685. The third-order valence-corrected chi connectivity index (χ3v) is 2.21. The highest BCUT2D eigenvalue weighted by atomic mass is 35.5. The molecule has 0 aliphatic carbocycles. The third-order valence-electron chi connectivity index (χ3n) is 2.03. The van der Waals surface area contributed by atoms with Gasteiger partial charge in [0.1, 0.15) is 11.4 Å². The Kier molecular flexibility index (Phi) is 5.36. The quantitative estimate of drug-likeness (QED) is 0.835. The molecular weight excluding hydrogens is 269 g/mol. The lowest BCUT2D eigenvalue weighted by Gasteiger charge is -2.19. The Morgan fingerprint density at radius 2 is 2.16 bits per heavy atom. The van der Waals surface area contributed by atoms with Crippen molar-refractivity contribution in [3.8, 4) is 0 Å². The van der Waals surface area contributed by atoms with Crippen LogP contribution in [0, 0.1) is 5.82 Å². The zero-order chi connectivity index (χ0) is 14.5. The van der Waals surface area contributed by atoms with Crippen LogP contribution in [0.1, 0.15) is 26.3 Å². The van der Waals surface area contributed by atoms with Crippen molar-refractivity contribution in [1.82, 2.24) is 0 Å². The summed E-state index contributed by atoms with van der Waals surface area (Å²) in [5.41, 5.74) is 0.133. The third kappa shape index (κ3) is 5.75. The van der Waals surface area contributed by atoms with Crippen LogP contribution in [0.5, 0.6) is 0 Å². The van der Waals surface area contributed by atoms with Crippen LogP contribution < -0.4 is 5.32 Å². The molecule has 0 atom stereocenters. The van der Waals surface area contributed by atoms with Crippen molar-refractivity contribution in [2.75, 3.05) is 11.2 Å². The molecule has 0 spiro atoms. The molecule has 0 bridgehead atoms. The minimum Gasteiger partial charge on any atom is -0.444 e. The maximum atomic E-state index is 13.7. The van der Waals surface area contributed by atoms with Crippen LogP contribution in [0.4, 0.5) is 14.9 Å². The molecule has 0 saturated carbocycles. The van der Waals surface area contributed by atoms with E-state index in [2.05, 4.69) is 5.32 Å². The SMILES string of the molecule is CC(C)(C)OC(=O)Nc1ccc(C=CCCl)cc1F. The molecule has 0 unspecified atom stereocenters. The molecule has 0 aliphatic rings. The van der Waals surface area contributed by atoms with Crippen LogP contribution in [0.3, 0.4) is 0 Å². The fourth-order valence-electron chi connectivity index (χ4n) is 1.33. The highest BCUT2D eigenvalue weighted by Crippen LogP contribution is 2.18. The lowest BCUT2D eigenvalue weighted by Crippen LogP contribution is -2.27. The van der Waals surface area contributed by atoms with Gasteiger partial charge in [-0.3, -0.25) is 5.32 Å². The fourth-order valence-corrected chi connectivity index (χ4v) is 1.42. The van der Waals surface area contributed by atoms with E-state index < -0.39 is 17.5 Å². The van der Waals surface area contributed by atoms with E-state index in [1.807, 2.05) is 0 Å². The number of hydrogen-bond acceptors (Lipinski definition) is 2. The second kappa shape index (κ2) is 6.57. The van der Waals surface area contributed by atoms with Crippen LogP contribution in [0.2, 0.25) is 0 Å². The standard InChI is InChI=1S/C14H17ClFNO2/c1-14(2,3)19-13(18)17-12-7-6-10(5-4-8-15)9-11(12)16/h4-7,9H,8H2,1-3H3,(H,17,18).